The number of halogens is 1. The van der Waals surface area contributed by atoms with Crippen molar-refractivity contribution in [2.24, 2.45) is 5.92 Å². The number of phenolic OH excluding ortho intramolecular Hbond substituents is 1. The smallest absolute Gasteiger partial charge is 0.194 e. The molecule has 1 aliphatic rings. The third-order valence-corrected chi connectivity index (χ3v) is 2.12. The predicted octanol–water partition coefficient (Wildman–Crippen LogP) is 2.32. The summed E-state index contributed by atoms with van der Waals surface area (Å²) in [7, 11) is 0. The second kappa shape index (κ2) is 3.24. The van der Waals surface area contributed by atoms with Crippen molar-refractivity contribution in [2.75, 3.05) is 6.61 Å². The fourth-order valence-electron chi connectivity index (χ4n) is 1.10. The Hall–Kier alpha value is -1.25. The Morgan fingerprint density at radius 2 is 2.23 bits per heavy atom. The van der Waals surface area contributed by atoms with Crippen molar-refractivity contribution in [2.45, 2.75) is 12.8 Å². The molecule has 3 heteroatoms. The molecule has 1 aromatic rings. The molecule has 2 rings (SSSR count). The number of para-hydroxylation sites is 1. The van der Waals surface area contributed by atoms with E-state index in [9.17, 15) is 9.50 Å². The zero-order valence-electron chi connectivity index (χ0n) is 7.16. The molecule has 0 bridgehead atoms. The highest BCUT2D eigenvalue weighted by Crippen LogP contribution is 2.33. The number of aromatic hydroxyl groups is 1. The van der Waals surface area contributed by atoms with E-state index < -0.39 is 5.82 Å². The van der Waals surface area contributed by atoms with Crippen LogP contribution in [0.4, 0.5) is 4.39 Å². The van der Waals surface area contributed by atoms with Crippen LogP contribution in [0, 0.1) is 11.7 Å². The lowest BCUT2D eigenvalue weighted by Crippen LogP contribution is -1.99. The zero-order chi connectivity index (χ0) is 9.26. The van der Waals surface area contributed by atoms with Gasteiger partial charge in [-0.2, -0.15) is 0 Å². The SMILES string of the molecule is Oc1c(F)cccc1OCC1CC1. The Morgan fingerprint density at radius 1 is 1.46 bits per heavy atom. The first kappa shape index (κ1) is 8.35. The Bertz CT molecular complexity index is 308. The molecule has 0 unspecified atom stereocenters. The van der Waals surface area contributed by atoms with Gasteiger partial charge < -0.3 is 9.84 Å². The van der Waals surface area contributed by atoms with Gasteiger partial charge in [0.15, 0.2) is 17.3 Å². The van der Waals surface area contributed by atoms with E-state index in [4.69, 9.17) is 4.74 Å². The van der Waals surface area contributed by atoms with Crippen molar-refractivity contribution in [3.05, 3.63) is 24.0 Å². The quantitative estimate of drug-likeness (QED) is 0.777. The molecule has 2 nitrogen and oxygen atoms in total. The van der Waals surface area contributed by atoms with Crippen molar-refractivity contribution < 1.29 is 14.2 Å². The molecule has 1 aromatic carbocycles. The number of phenols is 1. The van der Waals surface area contributed by atoms with Crippen LogP contribution >= 0.6 is 0 Å². The average Bonchev–Trinajstić information content (AvgIpc) is 2.91. The summed E-state index contributed by atoms with van der Waals surface area (Å²) in [5.74, 6) is -0.175. The summed E-state index contributed by atoms with van der Waals surface area (Å²) < 4.78 is 18.0. The first-order valence-corrected chi connectivity index (χ1v) is 4.37. The molecule has 0 heterocycles. The molecule has 1 fully saturated rings. The van der Waals surface area contributed by atoms with Gasteiger partial charge in [-0.25, -0.2) is 4.39 Å². The van der Waals surface area contributed by atoms with Crippen LogP contribution in [0.25, 0.3) is 0 Å². The molecule has 1 aliphatic carbocycles. The van der Waals surface area contributed by atoms with E-state index in [1.165, 1.54) is 25.0 Å². The maximum absolute atomic E-state index is 12.8. The number of hydrogen-bond acceptors (Lipinski definition) is 2. The van der Waals surface area contributed by atoms with E-state index in [2.05, 4.69) is 0 Å². The molecule has 0 spiro atoms. The lowest BCUT2D eigenvalue weighted by molar-refractivity contribution is 0.279. The highest BCUT2D eigenvalue weighted by molar-refractivity contribution is 5.39. The third kappa shape index (κ3) is 1.91. The highest BCUT2D eigenvalue weighted by Gasteiger charge is 2.22. The van der Waals surface area contributed by atoms with Gasteiger partial charge in [0.25, 0.3) is 0 Å². The molecule has 0 amide bonds. The first-order chi connectivity index (χ1) is 6.27. The Morgan fingerprint density at radius 3 is 2.92 bits per heavy atom. The van der Waals surface area contributed by atoms with Crippen LogP contribution < -0.4 is 4.74 Å². The summed E-state index contributed by atoms with van der Waals surface area (Å²) in [6.45, 7) is 0.580. The van der Waals surface area contributed by atoms with Gasteiger partial charge in [-0.1, -0.05) is 6.07 Å². The summed E-state index contributed by atoms with van der Waals surface area (Å²) in [6.07, 6.45) is 2.35. The minimum Gasteiger partial charge on any atom is -0.502 e. The normalized spacial score (nSPS) is 15.8. The maximum Gasteiger partial charge on any atom is 0.194 e. The van der Waals surface area contributed by atoms with E-state index >= 15 is 0 Å². The van der Waals surface area contributed by atoms with Gasteiger partial charge in [0, 0.05) is 0 Å². The molecule has 13 heavy (non-hydrogen) atoms. The second-order valence-corrected chi connectivity index (χ2v) is 3.34. The molecule has 70 valence electrons. The summed E-state index contributed by atoms with van der Waals surface area (Å²) >= 11 is 0. The van der Waals surface area contributed by atoms with Crippen LogP contribution in [0.5, 0.6) is 11.5 Å². The number of ether oxygens (including phenoxy) is 1. The molecule has 1 N–H and O–H groups in total. The van der Waals surface area contributed by atoms with Crippen molar-refractivity contribution >= 4 is 0 Å². The van der Waals surface area contributed by atoms with E-state index in [1.807, 2.05) is 0 Å². The fourth-order valence-corrected chi connectivity index (χ4v) is 1.10. The van der Waals surface area contributed by atoms with E-state index in [1.54, 1.807) is 6.07 Å². The summed E-state index contributed by atoms with van der Waals surface area (Å²) in [4.78, 5) is 0. The van der Waals surface area contributed by atoms with Crippen molar-refractivity contribution in [1.29, 1.82) is 0 Å². The molecule has 0 radical (unpaired) electrons. The van der Waals surface area contributed by atoms with Crippen LogP contribution in [0.15, 0.2) is 18.2 Å². The second-order valence-electron chi connectivity index (χ2n) is 3.34. The monoisotopic (exact) mass is 182 g/mol. The van der Waals surface area contributed by atoms with Gasteiger partial charge >= 0.3 is 0 Å². The van der Waals surface area contributed by atoms with E-state index in [0.29, 0.717) is 12.5 Å². The van der Waals surface area contributed by atoms with E-state index in [0.717, 1.165) is 0 Å². The van der Waals surface area contributed by atoms with Crippen molar-refractivity contribution in [3.63, 3.8) is 0 Å². The van der Waals surface area contributed by atoms with Gasteiger partial charge in [-0.3, -0.25) is 0 Å². The number of benzene rings is 1. The van der Waals surface area contributed by atoms with Gasteiger partial charge in [0.05, 0.1) is 6.61 Å². The topological polar surface area (TPSA) is 29.5 Å². The Kier molecular flexibility index (Phi) is 2.08. The lowest BCUT2D eigenvalue weighted by Gasteiger charge is -2.06. The Balaban J connectivity index is 2.05. The van der Waals surface area contributed by atoms with Crippen molar-refractivity contribution in [3.8, 4) is 11.5 Å². The summed E-state index contributed by atoms with van der Waals surface area (Å²) in [6, 6.07) is 4.30. The molecular formula is C10H11FO2. The number of rotatable bonds is 3. The molecule has 1 saturated carbocycles. The summed E-state index contributed by atoms with van der Waals surface area (Å²) in [5.41, 5.74) is 0. The maximum atomic E-state index is 12.8. The zero-order valence-corrected chi connectivity index (χ0v) is 7.16. The van der Waals surface area contributed by atoms with Crippen LogP contribution in [0.1, 0.15) is 12.8 Å². The molecule has 0 saturated heterocycles. The summed E-state index contributed by atoms with van der Waals surface area (Å²) in [5, 5.41) is 9.23. The fraction of sp³-hybridized carbons (Fsp3) is 0.400. The number of hydrogen-bond donors (Lipinski definition) is 1. The molecular weight excluding hydrogens is 171 g/mol. The van der Waals surface area contributed by atoms with Crippen LogP contribution in [0.2, 0.25) is 0 Å². The first-order valence-electron chi connectivity index (χ1n) is 4.37. The minimum absolute atomic E-state index is 0.243. The van der Waals surface area contributed by atoms with Crippen LogP contribution in [-0.4, -0.2) is 11.7 Å². The van der Waals surface area contributed by atoms with Crippen molar-refractivity contribution in [1.82, 2.24) is 0 Å². The predicted molar refractivity (Wildman–Crippen MR) is 46.3 cm³/mol. The largest absolute Gasteiger partial charge is 0.502 e. The van der Waals surface area contributed by atoms with Crippen LogP contribution in [-0.2, 0) is 0 Å². The van der Waals surface area contributed by atoms with Gasteiger partial charge in [0.1, 0.15) is 0 Å². The Labute approximate surface area is 76.0 Å². The molecule has 0 aliphatic heterocycles. The minimum atomic E-state index is -0.631. The highest BCUT2D eigenvalue weighted by atomic mass is 19.1. The molecule has 0 atom stereocenters. The average molecular weight is 182 g/mol. The lowest BCUT2D eigenvalue weighted by atomic mass is 10.3. The molecule has 0 aromatic heterocycles. The van der Waals surface area contributed by atoms with Gasteiger partial charge in [-0.05, 0) is 30.9 Å². The van der Waals surface area contributed by atoms with Crippen LogP contribution in [0.3, 0.4) is 0 Å². The standard InChI is InChI=1S/C10H11FO2/c11-8-2-1-3-9(10(8)12)13-6-7-4-5-7/h1-3,7,12H,4-6H2. The third-order valence-electron chi connectivity index (χ3n) is 2.12. The van der Waals surface area contributed by atoms with Gasteiger partial charge in [0.2, 0.25) is 0 Å². The van der Waals surface area contributed by atoms with Gasteiger partial charge in [-0.15, -0.1) is 0 Å². The van der Waals surface area contributed by atoms with E-state index in [-0.39, 0.29) is 11.5 Å².